The Morgan fingerprint density at radius 1 is 1.04 bits per heavy atom. The van der Waals surface area contributed by atoms with Crippen LogP contribution in [0.2, 0.25) is 0 Å². The molecule has 5 heteroatoms. The summed E-state index contributed by atoms with van der Waals surface area (Å²) < 4.78 is 5.29. The molecule has 0 unspecified atom stereocenters. The zero-order valence-corrected chi connectivity index (χ0v) is 16.0. The van der Waals surface area contributed by atoms with Crippen molar-refractivity contribution in [2.45, 2.75) is 38.7 Å². The first kappa shape index (κ1) is 19.1. The maximum atomic E-state index is 12.4. The van der Waals surface area contributed by atoms with Gasteiger partial charge in [0.2, 0.25) is 0 Å². The van der Waals surface area contributed by atoms with Gasteiger partial charge in [0.1, 0.15) is 0 Å². The van der Waals surface area contributed by atoms with E-state index in [2.05, 4.69) is 5.32 Å². The summed E-state index contributed by atoms with van der Waals surface area (Å²) in [5, 5.41) is 2.86. The Balaban J connectivity index is 2.03. The molecule has 0 aliphatic carbocycles. The highest BCUT2D eigenvalue weighted by molar-refractivity contribution is 7.98. The minimum atomic E-state index is -0.882. The van der Waals surface area contributed by atoms with Gasteiger partial charge in [0.05, 0.1) is 5.56 Å². The number of hydrogen-bond donors (Lipinski definition) is 1. The van der Waals surface area contributed by atoms with Gasteiger partial charge >= 0.3 is 5.97 Å². The molecule has 0 bridgehead atoms. The number of thioether (sulfide) groups is 1. The standard InChI is InChI=1S/C20H23NO3S/c1-12-10-13(2)18(14(3)11-12)21-19(22)15(4)24-20(23)16-6-8-17(25-5)9-7-16/h6-11,15H,1-5H3,(H,21,22)/t15-/m1/s1. The second-order valence-electron chi connectivity index (χ2n) is 6.04. The number of carbonyl (C=O) groups is 2. The molecule has 0 aromatic heterocycles. The van der Waals surface area contributed by atoms with Crippen LogP contribution in [0.3, 0.4) is 0 Å². The van der Waals surface area contributed by atoms with Crippen molar-refractivity contribution in [2.75, 3.05) is 11.6 Å². The van der Waals surface area contributed by atoms with Crippen molar-refractivity contribution >= 4 is 29.3 Å². The molecule has 0 heterocycles. The van der Waals surface area contributed by atoms with Crippen LogP contribution in [0.1, 0.15) is 34.0 Å². The van der Waals surface area contributed by atoms with Crippen LogP contribution in [0, 0.1) is 20.8 Å². The monoisotopic (exact) mass is 357 g/mol. The lowest BCUT2D eigenvalue weighted by molar-refractivity contribution is -0.123. The van der Waals surface area contributed by atoms with Crippen molar-refractivity contribution < 1.29 is 14.3 Å². The molecule has 0 aliphatic rings. The number of ether oxygens (including phenoxy) is 1. The third-order valence-electron chi connectivity index (χ3n) is 3.90. The van der Waals surface area contributed by atoms with Gasteiger partial charge in [-0.15, -0.1) is 11.8 Å². The fraction of sp³-hybridized carbons (Fsp3) is 0.300. The third-order valence-corrected chi connectivity index (χ3v) is 4.65. The van der Waals surface area contributed by atoms with E-state index in [1.807, 2.05) is 51.3 Å². The lowest BCUT2D eigenvalue weighted by Crippen LogP contribution is -2.30. The van der Waals surface area contributed by atoms with Gasteiger partial charge in [-0.05, 0) is 69.3 Å². The van der Waals surface area contributed by atoms with Crippen LogP contribution in [0.4, 0.5) is 5.69 Å². The topological polar surface area (TPSA) is 55.4 Å². The zero-order valence-electron chi connectivity index (χ0n) is 15.2. The Morgan fingerprint density at radius 2 is 1.60 bits per heavy atom. The van der Waals surface area contributed by atoms with Gasteiger partial charge in [0.25, 0.3) is 5.91 Å². The molecule has 0 aliphatic heterocycles. The quantitative estimate of drug-likeness (QED) is 0.631. The van der Waals surface area contributed by atoms with Crippen molar-refractivity contribution in [3.63, 3.8) is 0 Å². The van der Waals surface area contributed by atoms with Gasteiger partial charge in [0, 0.05) is 10.6 Å². The number of esters is 1. The SMILES string of the molecule is CSc1ccc(C(=O)O[C@H](C)C(=O)Nc2c(C)cc(C)cc2C)cc1. The molecule has 0 fully saturated rings. The van der Waals surface area contributed by atoms with Crippen molar-refractivity contribution in [1.82, 2.24) is 0 Å². The molecule has 0 saturated heterocycles. The number of amides is 1. The van der Waals surface area contributed by atoms with Crippen molar-refractivity contribution in [3.8, 4) is 0 Å². The molecule has 0 radical (unpaired) electrons. The lowest BCUT2D eigenvalue weighted by atomic mass is 10.0. The molecule has 25 heavy (non-hydrogen) atoms. The van der Waals surface area contributed by atoms with Crippen LogP contribution in [0.15, 0.2) is 41.3 Å². The van der Waals surface area contributed by atoms with Crippen molar-refractivity contribution in [3.05, 3.63) is 58.7 Å². The smallest absolute Gasteiger partial charge is 0.338 e. The summed E-state index contributed by atoms with van der Waals surface area (Å²) in [4.78, 5) is 25.6. The molecular formula is C20H23NO3S. The van der Waals surface area contributed by atoms with Gasteiger partial charge in [-0.3, -0.25) is 4.79 Å². The number of rotatable bonds is 5. The largest absolute Gasteiger partial charge is 0.449 e. The average Bonchev–Trinajstić information content (AvgIpc) is 2.57. The Labute approximate surface area is 153 Å². The predicted octanol–water partition coefficient (Wildman–Crippen LogP) is 4.52. The van der Waals surface area contributed by atoms with Gasteiger partial charge in [0.15, 0.2) is 6.10 Å². The highest BCUT2D eigenvalue weighted by Crippen LogP contribution is 2.22. The summed E-state index contributed by atoms with van der Waals surface area (Å²) in [5.41, 5.74) is 4.30. The highest BCUT2D eigenvalue weighted by atomic mass is 32.2. The molecule has 2 aromatic carbocycles. The van der Waals surface area contributed by atoms with E-state index < -0.39 is 12.1 Å². The van der Waals surface area contributed by atoms with E-state index in [1.165, 1.54) is 0 Å². The van der Waals surface area contributed by atoms with E-state index in [0.29, 0.717) is 5.56 Å². The van der Waals surface area contributed by atoms with E-state index in [1.54, 1.807) is 30.8 Å². The maximum Gasteiger partial charge on any atom is 0.338 e. The maximum absolute atomic E-state index is 12.4. The fourth-order valence-electron chi connectivity index (χ4n) is 2.61. The number of anilines is 1. The van der Waals surface area contributed by atoms with Crippen molar-refractivity contribution in [2.24, 2.45) is 0 Å². The van der Waals surface area contributed by atoms with Crippen LogP contribution >= 0.6 is 11.8 Å². The van der Waals surface area contributed by atoms with Crippen LogP contribution in [-0.4, -0.2) is 24.2 Å². The first-order valence-corrected chi connectivity index (χ1v) is 9.28. The van der Waals surface area contributed by atoms with E-state index in [0.717, 1.165) is 27.3 Å². The van der Waals surface area contributed by atoms with E-state index in [-0.39, 0.29) is 5.91 Å². The molecule has 1 atom stereocenters. The molecule has 2 aromatic rings. The van der Waals surface area contributed by atoms with Gasteiger partial charge in [-0.25, -0.2) is 4.79 Å². The van der Waals surface area contributed by atoms with E-state index in [4.69, 9.17) is 4.74 Å². The summed E-state index contributed by atoms with van der Waals surface area (Å²) in [6.45, 7) is 7.47. The first-order chi connectivity index (χ1) is 11.8. The normalized spacial score (nSPS) is 11.7. The van der Waals surface area contributed by atoms with Crippen LogP contribution in [-0.2, 0) is 9.53 Å². The molecule has 0 spiro atoms. The van der Waals surface area contributed by atoms with E-state index >= 15 is 0 Å². The van der Waals surface area contributed by atoms with Gasteiger partial charge in [-0.2, -0.15) is 0 Å². The molecule has 1 N–H and O–H groups in total. The fourth-order valence-corrected chi connectivity index (χ4v) is 3.02. The van der Waals surface area contributed by atoms with Crippen LogP contribution in [0.5, 0.6) is 0 Å². The predicted molar refractivity (Wildman–Crippen MR) is 102 cm³/mol. The number of benzene rings is 2. The second-order valence-corrected chi connectivity index (χ2v) is 6.92. The first-order valence-electron chi connectivity index (χ1n) is 8.05. The van der Waals surface area contributed by atoms with Gasteiger partial charge in [-0.1, -0.05) is 17.7 Å². The molecular weight excluding hydrogens is 334 g/mol. The number of carbonyl (C=O) groups excluding carboxylic acids is 2. The molecule has 2 rings (SSSR count). The Kier molecular flexibility index (Phi) is 6.26. The summed E-state index contributed by atoms with van der Waals surface area (Å²) in [6, 6.07) is 11.1. The second kappa shape index (κ2) is 8.21. The minimum absolute atomic E-state index is 0.343. The highest BCUT2D eigenvalue weighted by Gasteiger charge is 2.20. The van der Waals surface area contributed by atoms with Crippen LogP contribution < -0.4 is 5.32 Å². The number of aryl methyl sites for hydroxylation is 3. The third kappa shape index (κ3) is 4.86. The van der Waals surface area contributed by atoms with Crippen molar-refractivity contribution in [1.29, 1.82) is 0 Å². The zero-order chi connectivity index (χ0) is 18.6. The Morgan fingerprint density at radius 3 is 2.12 bits per heavy atom. The minimum Gasteiger partial charge on any atom is -0.449 e. The average molecular weight is 357 g/mol. The lowest BCUT2D eigenvalue weighted by Gasteiger charge is -2.17. The molecule has 132 valence electrons. The number of nitrogens with one attached hydrogen (secondary N) is 1. The summed E-state index contributed by atoms with van der Waals surface area (Å²) in [7, 11) is 0. The Bertz CT molecular complexity index is 761. The summed E-state index contributed by atoms with van der Waals surface area (Å²) in [6.07, 6.45) is 1.09. The van der Waals surface area contributed by atoms with E-state index in [9.17, 15) is 9.59 Å². The Hall–Kier alpha value is -2.27. The summed E-state index contributed by atoms with van der Waals surface area (Å²) >= 11 is 1.60. The summed E-state index contributed by atoms with van der Waals surface area (Å²) in [5.74, 6) is -0.850. The molecule has 0 saturated carbocycles. The van der Waals surface area contributed by atoms with Gasteiger partial charge < -0.3 is 10.1 Å². The van der Waals surface area contributed by atoms with Crippen LogP contribution in [0.25, 0.3) is 0 Å². The molecule has 4 nitrogen and oxygen atoms in total. The molecule has 1 amide bonds. The number of hydrogen-bond acceptors (Lipinski definition) is 4.